The lowest BCUT2D eigenvalue weighted by molar-refractivity contribution is -0.383. The van der Waals surface area contributed by atoms with Crippen LogP contribution in [0.25, 0.3) is 21.8 Å². The SMILES string of the molecule is Cc1ccc2nc3c([N+](=O)[O-])cccc3c(N)c2c1. The van der Waals surface area contributed by atoms with Crippen molar-refractivity contribution >= 4 is 33.2 Å². The van der Waals surface area contributed by atoms with Crippen LogP contribution in [0.5, 0.6) is 0 Å². The van der Waals surface area contributed by atoms with Crippen LogP contribution in [-0.4, -0.2) is 9.91 Å². The maximum absolute atomic E-state index is 11.0. The highest BCUT2D eigenvalue weighted by atomic mass is 16.6. The number of nitro benzene ring substituents is 1. The predicted octanol–water partition coefficient (Wildman–Crippen LogP) is 3.19. The summed E-state index contributed by atoms with van der Waals surface area (Å²) in [6.45, 7) is 1.97. The zero-order chi connectivity index (χ0) is 13.6. The lowest BCUT2D eigenvalue weighted by Crippen LogP contribution is -1.96. The standard InChI is InChI=1S/C14H11N3O2/c1-8-5-6-11-10(7-8)13(15)9-3-2-4-12(17(18)19)14(9)16-11/h2-7H,1H3,(H2,15,16). The highest BCUT2D eigenvalue weighted by molar-refractivity contribution is 6.08. The third-order valence-electron chi connectivity index (χ3n) is 3.18. The Morgan fingerprint density at radius 2 is 2.00 bits per heavy atom. The molecule has 0 bridgehead atoms. The van der Waals surface area contributed by atoms with E-state index >= 15 is 0 Å². The van der Waals surface area contributed by atoms with Crippen molar-refractivity contribution in [2.24, 2.45) is 0 Å². The molecule has 0 spiro atoms. The molecule has 0 atom stereocenters. The first-order valence-electron chi connectivity index (χ1n) is 5.81. The summed E-state index contributed by atoms with van der Waals surface area (Å²) in [5.74, 6) is 0. The molecule has 0 unspecified atom stereocenters. The van der Waals surface area contributed by atoms with Gasteiger partial charge in [0, 0.05) is 16.8 Å². The van der Waals surface area contributed by atoms with Crippen molar-refractivity contribution in [2.75, 3.05) is 5.73 Å². The number of nitro groups is 1. The van der Waals surface area contributed by atoms with Gasteiger partial charge in [0.15, 0.2) is 5.52 Å². The van der Waals surface area contributed by atoms with E-state index in [1.165, 1.54) is 6.07 Å². The van der Waals surface area contributed by atoms with Gasteiger partial charge >= 0.3 is 0 Å². The Kier molecular flexibility index (Phi) is 2.35. The molecular weight excluding hydrogens is 242 g/mol. The van der Waals surface area contributed by atoms with E-state index in [1.54, 1.807) is 12.1 Å². The fourth-order valence-corrected chi connectivity index (χ4v) is 2.24. The summed E-state index contributed by atoms with van der Waals surface area (Å²) in [5, 5.41) is 12.5. The van der Waals surface area contributed by atoms with Crippen LogP contribution in [0.15, 0.2) is 36.4 Å². The number of aromatic nitrogens is 1. The first-order valence-corrected chi connectivity index (χ1v) is 5.81. The van der Waals surface area contributed by atoms with E-state index in [1.807, 2.05) is 25.1 Å². The molecule has 0 saturated carbocycles. The van der Waals surface area contributed by atoms with E-state index < -0.39 is 4.92 Å². The zero-order valence-electron chi connectivity index (χ0n) is 10.3. The van der Waals surface area contributed by atoms with E-state index in [-0.39, 0.29) is 5.69 Å². The molecule has 19 heavy (non-hydrogen) atoms. The Hall–Kier alpha value is -2.69. The number of para-hydroxylation sites is 1. The molecule has 0 fully saturated rings. The summed E-state index contributed by atoms with van der Waals surface area (Å²) in [5.41, 5.74) is 8.72. The second-order valence-electron chi connectivity index (χ2n) is 4.48. The minimum atomic E-state index is -0.436. The summed E-state index contributed by atoms with van der Waals surface area (Å²) in [6.07, 6.45) is 0. The maximum atomic E-state index is 11.0. The normalized spacial score (nSPS) is 11.0. The van der Waals surface area contributed by atoms with Gasteiger partial charge in [0.05, 0.1) is 16.1 Å². The molecule has 1 aromatic heterocycles. The van der Waals surface area contributed by atoms with Crippen molar-refractivity contribution in [3.05, 3.63) is 52.1 Å². The van der Waals surface area contributed by atoms with Gasteiger partial charge in [0.25, 0.3) is 5.69 Å². The number of nitrogen functional groups attached to an aromatic ring is 1. The fourth-order valence-electron chi connectivity index (χ4n) is 2.24. The maximum Gasteiger partial charge on any atom is 0.295 e. The number of anilines is 1. The van der Waals surface area contributed by atoms with Crippen molar-refractivity contribution in [1.82, 2.24) is 4.98 Å². The number of non-ortho nitro benzene ring substituents is 1. The smallest absolute Gasteiger partial charge is 0.295 e. The number of aryl methyl sites for hydroxylation is 1. The van der Waals surface area contributed by atoms with Crippen LogP contribution in [0.4, 0.5) is 11.4 Å². The number of fused-ring (bicyclic) bond motifs is 2. The van der Waals surface area contributed by atoms with Gasteiger partial charge in [-0.15, -0.1) is 0 Å². The molecule has 5 heteroatoms. The lowest BCUT2D eigenvalue weighted by atomic mass is 10.1. The highest BCUT2D eigenvalue weighted by Crippen LogP contribution is 2.33. The number of nitrogens with zero attached hydrogens (tertiary/aromatic N) is 2. The topological polar surface area (TPSA) is 82.0 Å². The highest BCUT2D eigenvalue weighted by Gasteiger charge is 2.16. The molecule has 5 nitrogen and oxygen atoms in total. The van der Waals surface area contributed by atoms with Crippen LogP contribution in [0.2, 0.25) is 0 Å². The molecular formula is C14H11N3O2. The zero-order valence-corrected chi connectivity index (χ0v) is 10.3. The molecule has 94 valence electrons. The number of hydrogen-bond acceptors (Lipinski definition) is 4. The summed E-state index contributed by atoms with van der Waals surface area (Å²) in [6, 6.07) is 10.5. The Balaban J connectivity index is 2.53. The van der Waals surface area contributed by atoms with E-state index in [0.717, 1.165) is 10.9 Å². The molecule has 2 aromatic carbocycles. The quantitative estimate of drug-likeness (QED) is 0.410. The molecule has 0 radical (unpaired) electrons. The Labute approximate surface area is 108 Å². The van der Waals surface area contributed by atoms with Crippen LogP contribution in [0.1, 0.15) is 5.56 Å². The molecule has 0 aliphatic heterocycles. The Morgan fingerprint density at radius 1 is 1.21 bits per heavy atom. The summed E-state index contributed by atoms with van der Waals surface area (Å²) in [4.78, 5) is 15.0. The van der Waals surface area contributed by atoms with Crippen molar-refractivity contribution in [3.63, 3.8) is 0 Å². The number of rotatable bonds is 1. The van der Waals surface area contributed by atoms with Crippen LogP contribution in [0, 0.1) is 17.0 Å². The van der Waals surface area contributed by atoms with Gasteiger partial charge in [-0.1, -0.05) is 23.8 Å². The van der Waals surface area contributed by atoms with Gasteiger partial charge in [0.1, 0.15) is 0 Å². The Morgan fingerprint density at radius 3 is 2.74 bits per heavy atom. The largest absolute Gasteiger partial charge is 0.398 e. The summed E-state index contributed by atoms with van der Waals surface area (Å²) in [7, 11) is 0. The van der Waals surface area contributed by atoms with Crippen molar-refractivity contribution in [3.8, 4) is 0 Å². The predicted molar refractivity (Wildman–Crippen MR) is 75.1 cm³/mol. The van der Waals surface area contributed by atoms with Crippen molar-refractivity contribution < 1.29 is 4.92 Å². The number of hydrogen-bond donors (Lipinski definition) is 1. The lowest BCUT2D eigenvalue weighted by Gasteiger charge is -2.07. The first-order chi connectivity index (χ1) is 9.08. The second-order valence-corrected chi connectivity index (χ2v) is 4.48. The number of pyridine rings is 1. The van der Waals surface area contributed by atoms with Crippen LogP contribution in [0.3, 0.4) is 0 Å². The van der Waals surface area contributed by atoms with Crippen molar-refractivity contribution in [1.29, 1.82) is 0 Å². The van der Waals surface area contributed by atoms with Gasteiger partial charge in [-0.05, 0) is 19.1 Å². The second kappa shape index (κ2) is 3.91. The molecule has 0 aliphatic rings. The number of benzene rings is 2. The van der Waals surface area contributed by atoms with E-state index in [4.69, 9.17) is 5.73 Å². The molecule has 3 aromatic rings. The molecule has 1 heterocycles. The van der Waals surface area contributed by atoms with Crippen LogP contribution in [-0.2, 0) is 0 Å². The van der Waals surface area contributed by atoms with Crippen molar-refractivity contribution in [2.45, 2.75) is 6.92 Å². The Bertz CT molecular complexity index is 828. The monoisotopic (exact) mass is 253 g/mol. The van der Waals surface area contributed by atoms with E-state index in [2.05, 4.69) is 4.98 Å². The average molecular weight is 253 g/mol. The first kappa shape index (κ1) is 11.4. The van der Waals surface area contributed by atoms with Crippen LogP contribution >= 0.6 is 0 Å². The van der Waals surface area contributed by atoms with E-state index in [9.17, 15) is 10.1 Å². The molecule has 0 aliphatic carbocycles. The molecule has 0 saturated heterocycles. The van der Waals surface area contributed by atoms with Gasteiger partial charge in [-0.2, -0.15) is 0 Å². The average Bonchev–Trinajstić information content (AvgIpc) is 2.39. The fraction of sp³-hybridized carbons (Fsp3) is 0.0714. The number of nitrogens with two attached hydrogens (primary N) is 1. The summed E-state index contributed by atoms with van der Waals surface area (Å²) < 4.78 is 0. The van der Waals surface area contributed by atoms with Gasteiger partial charge in [-0.3, -0.25) is 10.1 Å². The third kappa shape index (κ3) is 1.67. The van der Waals surface area contributed by atoms with Gasteiger partial charge in [-0.25, -0.2) is 4.98 Å². The third-order valence-corrected chi connectivity index (χ3v) is 3.18. The van der Waals surface area contributed by atoms with Gasteiger partial charge < -0.3 is 5.73 Å². The molecule has 3 rings (SSSR count). The molecule has 2 N–H and O–H groups in total. The minimum absolute atomic E-state index is 0.0216. The molecule has 0 amide bonds. The van der Waals surface area contributed by atoms with Crippen LogP contribution < -0.4 is 5.73 Å². The van der Waals surface area contributed by atoms with E-state index in [0.29, 0.717) is 22.1 Å². The summed E-state index contributed by atoms with van der Waals surface area (Å²) >= 11 is 0. The minimum Gasteiger partial charge on any atom is -0.398 e. The van der Waals surface area contributed by atoms with Gasteiger partial charge in [0.2, 0.25) is 0 Å².